The van der Waals surface area contributed by atoms with Crippen molar-refractivity contribution in [2.24, 2.45) is 0 Å². The minimum Gasteiger partial charge on any atom is -0.345 e. The van der Waals surface area contributed by atoms with Crippen molar-refractivity contribution < 1.29 is 4.79 Å². The zero-order valence-electron chi connectivity index (χ0n) is 17.1. The van der Waals surface area contributed by atoms with Gasteiger partial charge in [-0.05, 0) is 60.9 Å². The molecule has 0 saturated carbocycles. The summed E-state index contributed by atoms with van der Waals surface area (Å²) < 4.78 is 3.22. The van der Waals surface area contributed by atoms with E-state index in [1.807, 2.05) is 29.2 Å². The lowest BCUT2D eigenvalue weighted by Gasteiger charge is -2.24. The molecular weight excluding hydrogens is 426 g/mol. The number of anilines is 1. The third kappa shape index (κ3) is 5.97. The van der Waals surface area contributed by atoms with Crippen LogP contribution in [0.3, 0.4) is 0 Å². The molecule has 2 amide bonds. The molecule has 0 fully saturated rings. The molecule has 0 radical (unpaired) electrons. The van der Waals surface area contributed by atoms with Crippen LogP contribution < -0.4 is 5.32 Å². The molecule has 1 aromatic heterocycles. The molecule has 0 aliphatic rings. The number of unbranched alkanes of at least 4 members (excludes halogenated alkanes) is 1. The highest BCUT2D eigenvalue weighted by Gasteiger charge is 2.16. The predicted octanol–water partition coefficient (Wildman–Crippen LogP) is 6.44. The molecule has 0 saturated heterocycles. The maximum absolute atomic E-state index is 12.9. The third-order valence-electron chi connectivity index (χ3n) is 5.04. The molecular formula is C24H28BrN3O. The number of rotatable bonds is 8. The quantitative estimate of drug-likeness (QED) is 0.418. The Labute approximate surface area is 181 Å². The van der Waals surface area contributed by atoms with Gasteiger partial charge in [-0.1, -0.05) is 53.5 Å². The lowest BCUT2D eigenvalue weighted by atomic mass is 10.1. The van der Waals surface area contributed by atoms with Crippen LogP contribution >= 0.6 is 15.9 Å². The Morgan fingerprint density at radius 2 is 1.83 bits per heavy atom. The van der Waals surface area contributed by atoms with Gasteiger partial charge in [0.2, 0.25) is 0 Å². The van der Waals surface area contributed by atoms with E-state index in [0.717, 1.165) is 41.8 Å². The molecule has 3 aromatic rings. The van der Waals surface area contributed by atoms with Crippen molar-refractivity contribution in [1.29, 1.82) is 0 Å². The number of nitrogens with zero attached hydrogens (tertiary/aromatic N) is 2. The molecule has 0 bridgehead atoms. The second-order valence-corrected chi connectivity index (χ2v) is 8.18. The Hall–Kier alpha value is -2.53. The SMILES string of the molecule is CCCCN(Cc1cccn1Cc1ccccc1C)C(=O)Nc1ccc(Br)cc1. The fourth-order valence-corrected chi connectivity index (χ4v) is 3.52. The summed E-state index contributed by atoms with van der Waals surface area (Å²) in [5.41, 5.74) is 4.51. The zero-order valence-corrected chi connectivity index (χ0v) is 18.7. The Morgan fingerprint density at radius 1 is 1.07 bits per heavy atom. The summed E-state index contributed by atoms with van der Waals surface area (Å²) in [5.74, 6) is 0. The van der Waals surface area contributed by atoms with E-state index in [0.29, 0.717) is 6.54 Å². The van der Waals surface area contributed by atoms with Crippen molar-refractivity contribution in [1.82, 2.24) is 9.47 Å². The fourth-order valence-electron chi connectivity index (χ4n) is 3.25. The molecule has 0 unspecified atom stereocenters. The average Bonchev–Trinajstić information content (AvgIpc) is 3.15. The molecule has 1 heterocycles. The van der Waals surface area contributed by atoms with Crippen LogP contribution in [0.2, 0.25) is 0 Å². The Morgan fingerprint density at radius 3 is 2.55 bits per heavy atom. The van der Waals surface area contributed by atoms with E-state index in [1.165, 1.54) is 11.1 Å². The van der Waals surface area contributed by atoms with Crippen molar-refractivity contribution in [3.05, 3.63) is 88.2 Å². The number of nitrogens with one attached hydrogen (secondary N) is 1. The highest BCUT2D eigenvalue weighted by atomic mass is 79.9. The van der Waals surface area contributed by atoms with E-state index < -0.39 is 0 Å². The molecule has 3 rings (SSSR count). The second-order valence-electron chi connectivity index (χ2n) is 7.27. The number of benzene rings is 2. The number of carbonyl (C=O) groups is 1. The normalized spacial score (nSPS) is 10.7. The lowest BCUT2D eigenvalue weighted by Crippen LogP contribution is -2.36. The van der Waals surface area contributed by atoms with E-state index in [-0.39, 0.29) is 6.03 Å². The molecule has 0 atom stereocenters. The van der Waals surface area contributed by atoms with Crippen molar-refractivity contribution >= 4 is 27.6 Å². The van der Waals surface area contributed by atoms with Crippen LogP contribution in [0.15, 0.2) is 71.3 Å². The summed E-state index contributed by atoms with van der Waals surface area (Å²) in [6, 6.07) is 20.2. The standard InChI is InChI=1S/C24H28BrN3O/c1-3-4-15-28(24(29)26-22-13-11-21(25)12-14-22)18-23-10-7-16-27(23)17-20-9-6-5-8-19(20)2/h5-14,16H,3-4,15,17-18H2,1-2H3,(H,26,29). The fraction of sp³-hybridized carbons (Fsp3) is 0.292. The van der Waals surface area contributed by atoms with Gasteiger partial charge < -0.3 is 14.8 Å². The molecule has 0 aliphatic carbocycles. The Bertz CT molecular complexity index is 933. The van der Waals surface area contributed by atoms with Gasteiger partial charge in [0.1, 0.15) is 0 Å². The first-order valence-corrected chi connectivity index (χ1v) is 10.9. The number of hydrogen-bond acceptors (Lipinski definition) is 1. The van der Waals surface area contributed by atoms with Gasteiger partial charge in [-0.3, -0.25) is 0 Å². The number of hydrogen-bond donors (Lipinski definition) is 1. The van der Waals surface area contributed by atoms with Crippen molar-refractivity contribution in [3.63, 3.8) is 0 Å². The maximum atomic E-state index is 12.9. The molecule has 1 N–H and O–H groups in total. The third-order valence-corrected chi connectivity index (χ3v) is 5.57. The first-order chi connectivity index (χ1) is 14.1. The van der Waals surface area contributed by atoms with Crippen LogP contribution in [0.1, 0.15) is 36.6 Å². The smallest absolute Gasteiger partial charge is 0.322 e. The summed E-state index contributed by atoms with van der Waals surface area (Å²) in [4.78, 5) is 14.8. The number of urea groups is 1. The number of amides is 2. The molecule has 4 nitrogen and oxygen atoms in total. The second kappa shape index (κ2) is 10.3. The van der Waals surface area contributed by atoms with Gasteiger partial charge in [-0.25, -0.2) is 4.79 Å². The number of aryl methyl sites for hydroxylation is 1. The molecule has 0 aliphatic heterocycles. The van der Waals surface area contributed by atoms with Gasteiger partial charge in [0, 0.05) is 35.1 Å². The van der Waals surface area contributed by atoms with Crippen molar-refractivity contribution in [3.8, 4) is 0 Å². The van der Waals surface area contributed by atoms with E-state index in [4.69, 9.17) is 0 Å². The Kier molecular flexibility index (Phi) is 7.53. The maximum Gasteiger partial charge on any atom is 0.322 e. The zero-order chi connectivity index (χ0) is 20.6. The van der Waals surface area contributed by atoms with E-state index >= 15 is 0 Å². The summed E-state index contributed by atoms with van der Waals surface area (Å²) in [6.07, 6.45) is 4.12. The molecule has 152 valence electrons. The average molecular weight is 454 g/mol. The van der Waals surface area contributed by atoms with E-state index in [9.17, 15) is 4.79 Å². The highest BCUT2D eigenvalue weighted by Crippen LogP contribution is 2.17. The molecule has 0 spiro atoms. The lowest BCUT2D eigenvalue weighted by molar-refractivity contribution is 0.207. The Balaban J connectivity index is 1.73. The van der Waals surface area contributed by atoms with Crippen LogP contribution in [0, 0.1) is 6.92 Å². The topological polar surface area (TPSA) is 37.3 Å². The summed E-state index contributed by atoms with van der Waals surface area (Å²) >= 11 is 3.43. The van der Waals surface area contributed by atoms with Gasteiger partial charge in [0.15, 0.2) is 0 Å². The summed E-state index contributed by atoms with van der Waals surface area (Å²) in [6.45, 7) is 6.41. The molecule has 5 heteroatoms. The number of halogens is 1. The first-order valence-electron chi connectivity index (χ1n) is 10.1. The van der Waals surface area contributed by atoms with Crippen molar-refractivity contribution in [2.75, 3.05) is 11.9 Å². The predicted molar refractivity (Wildman–Crippen MR) is 123 cm³/mol. The van der Waals surface area contributed by atoms with Crippen LogP contribution in [-0.4, -0.2) is 22.0 Å². The van der Waals surface area contributed by atoms with Gasteiger partial charge in [0.05, 0.1) is 6.54 Å². The number of aromatic nitrogens is 1. The molecule has 29 heavy (non-hydrogen) atoms. The largest absolute Gasteiger partial charge is 0.345 e. The van der Waals surface area contributed by atoms with Crippen LogP contribution in [0.4, 0.5) is 10.5 Å². The monoisotopic (exact) mass is 453 g/mol. The highest BCUT2D eigenvalue weighted by molar-refractivity contribution is 9.10. The van der Waals surface area contributed by atoms with E-state index in [1.54, 1.807) is 0 Å². The summed E-state index contributed by atoms with van der Waals surface area (Å²) in [7, 11) is 0. The molecule has 2 aromatic carbocycles. The van der Waals surface area contributed by atoms with Gasteiger partial charge in [-0.2, -0.15) is 0 Å². The summed E-state index contributed by atoms with van der Waals surface area (Å²) in [5, 5.41) is 3.03. The van der Waals surface area contributed by atoms with Crippen LogP contribution in [0.25, 0.3) is 0 Å². The van der Waals surface area contributed by atoms with Gasteiger partial charge in [-0.15, -0.1) is 0 Å². The first kappa shape index (κ1) is 21.2. The van der Waals surface area contributed by atoms with Crippen molar-refractivity contribution in [2.45, 2.75) is 39.8 Å². The van der Waals surface area contributed by atoms with Gasteiger partial charge in [0.25, 0.3) is 0 Å². The van der Waals surface area contributed by atoms with E-state index in [2.05, 4.69) is 82.3 Å². The van der Waals surface area contributed by atoms with Crippen LogP contribution in [-0.2, 0) is 13.1 Å². The van der Waals surface area contributed by atoms with Crippen LogP contribution in [0.5, 0.6) is 0 Å². The minimum absolute atomic E-state index is 0.0654. The number of carbonyl (C=O) groups excluding carboxylic acids is 1. The minimum atomic E-state index is -0.0654. The van der Waals surface area contributed by atoms with Gasteiger partial charge >= 0.3 is 6.03 Å².